The number of fused-ring (bicyclic) bond motifs is 2. The summed E-state index contributed by atoms with van der Waals surface area (Å²) >= 11 is 0. The number of imidazole rings is 1. The average Bonchev–Trinajstić information content (AvgIpc) is 3.04. The summed E-state index contributed by atoms with van der Waals surface area (Å²) in [7, 11) is 0. The van der Waals surface area contributed by atoms with Crippen LogP contribution in [-0.4, -0.2) is 26.9 Å². The van der Waals surface area contributed by atoms with Gasteiger partial charge in [0.1, 0.15) is 6.04 Å². The minimum absolute atomic E-state index is 0.155. The van der Waals surface area contributed by atoms with Gasteiger partial charge in [0, 0.05) is 13.1 Å². The Morgan fingerprint density at radius 1 is 1.09 bits per heavy atom. The van der Waals surface area contributed by atoms with Gasteiger partial charge in [0.05, 0.1) is 17.4 Å². The zero-order valence-corrected chi connectivity index (χ0v) is 13.1. The molecule has 4 heteroatoms. The quantitative estimate of drug-likeness (QED) is 0.729. The van der Waals surface area contributed by atoms with E-state index in [0.717, 1.165) is 24.0 Å². The number of nitrogens with zero attached hydrogens (tertiary/aromatic N) is 3. The lowest BCUT2D eigenvalue weighted by Crippen LogP contribution is -2.39. The number of hydrogen-bond donors (Lipinski definition) is 0. The van der Waals surface area contributed by atoms with Gasteiger partial charge in [0.25, 0.3) is 0 Å². The number of benzene rings is 2. The van der Waals surface area contributed by atoms with Crippen molar-refractivity contribution in [3.05, 3.63) is 66.0 Å². The number of aromatic nitrogens is 2. The summed E-state index contributed by atoms with van der Waals surface area (Å²) in [6.07, 6.45) is 2.70. The zero-order chi connectivity index (χ0) is 15.8. The molecule has 4 rings (SSSR count). The molecule has 1 amide bonds. The molecule has 0 unspecified atom stereocenters. The van der Waals surface area contributed by atoms with Crippen LogP contribution in [0.15, 0.2) is 54.9 Å². The highest BCUT2D eigenvalue weighted by molar-refractivity contribution is 5.83. The van der Waals surface area contributed by atoms with Crippen LogP contribution in [0.25, 0.3) is 11.0 Å². The maximum absolute atomic E-state index is 12.9. The van der Waals surface area contributed by atoms with E-state index in [1.807, 2.05) is 46.7 Å². The van der Waals surface area contributed by atoms with Crippen molar-refractivity contribution in [2.75, 3.05) is 6.54 Å². The van der Waals surface area contributed by atoms with Gasteiger partial charge < -0.3 is 9.47 Å². The summed E-state index contributed by atoms with van der Waals surface area (Å²) in [6.45, 7) is 3.44. The highest BCUT2D eigenvalue weighted by Crippen LogP contribution is 2.23. The predicted octanol–water partition coefficient (Wildman–Crippen LogP) is 3.18. The standard InChI is InChI=1S/C19H19N3O/c1-14(22-13-20-17-8-4-5-9-18(17)22)19(23)21-11-10-15-6-2-3-7-16(15)12-21/h2-9,13-14H,10-12H2,1H3/t14-/m1/s1. The van der Waals surface area contributed by atoms with E-state index < -0.39 is 0 Å². The van der Waals surface area contributed by atoms with Crippen molar-refractivity contribution in [3.63, 3.8) is 0 Å². The molecule has 1 aliphatic rings. The second-order valence-electron chi connectivity index (χ2n) is 6.10. The molecule has 0 saturated heterocycles. The first-order valence-corrected chi connectivity index (χ1v) is 8.01. The number of hydrogen-bond acceptors (Lipinski definition) is 2. The summed E-state index contributed by atoms with van der Waals surface area (Å²) in [4.78, 5) is 19.3. The highest BCUT2D eigenvalue weighted by Gasteiger charge is 2.26. The van der Waals surface area contributed by atoms with Crippen LogP contribution in [-0.2, 0) is 17.8 Å². The van der Waals surface area contributed by atoms with Gasteiger partial charge >= 0.3 is 0 Å². The van der Waals surface area contributed by atoms with Crippen molar-refractivity contribution >= 4 is 16.9 Å². The summed E-state index contributed by atoms with van der Waals surface area (Å²) in [5.41, 5.74) is 4.55. The third kappa shape index (κ3) is 2.40. The Morgan fingerprint density at radius 3 is 2.70 bits per heavy atom. The third-order valence-corrected chi connectivity index (χ3v) is 4.70. The number of rotatable bonds is 2. The molecule has 0 N–H and O–H groups in total. The summed E-state index contributed by atoms with van der Waals surface area (Å²) in [5, 5.41) is 0. The Morgan fingerprint density at radius 2 is 1.83 bits per heavy atom. The topological polar surface area (TPSA) is 38.1 Å². The first kappa shape index (κ1) is 14.0. The minimum atomic E-state index is -0.243. The molecule has 3 aromatic rings. The first-order chi connectivity index (χ1) is 11.2. The first-order valence-electron chi connectivity index (χ1n) is 8.01. The molecular formula is C19H19N3O. The fourth-order valence-corrected chi connectivity index (χ4v) is 3.35. The molecule has 0 fully saturated rings. The Balaban J connectivity index is 1.60. The molecule has 1 aliphatic heterocycles. The van der Waals surface area contributed by atoms with Gasteiger partial charge in [-0.1, -0.05) is 36.4 Å². The van der Waals surface area contributed by atoms with Crippen LogP contribution < -0.4 is 0 Å². The Labute approximate surface area is 135 Å². The van der Waals surface area contributed by atoms with E-state index in [-0.39, 0.29) is 11.9 Å². The van der Waals surface area contributed by atoms with E-state index in [0.29, 0.717) is 6.54 Å². The molecule has 0 aliphatic carbocycles. The van der Waals surface area contributed by atoms with Crippen molar-refractivity contribution in [1.82, 2.24) is 14.5 Å². The summed E-state index contributed by atoms with van der Waals surface area (Å²) in [6, 6.07) is 16.1. The van der Waals surface area contributed by atoms with Gasteiger partial charge in [-0.2, -0.15) is 0 Å². The van der Waals surface area contributed by atoms with Crippen LogP contribution in [0.3, 0.4) is 0 Å². The fourth-order valence-electron chi connectivity index (χ4n) is 3.35. The molecule has 0 bridgehead atoms. The Hall–Kier alpha value is -2.62. The van der Waals surface area contributed by atoms with Crippen molar-refractivity contribution in [2.24, 2.45) is 0 Å². The molecule has 0 radical (unpaired) electrons. The van der Waals surface area contributed by atoms with Crippen LogP contribution in [0.5, 0.6) is 0 Å². The van der Waals surface area contributed by atoms with E-state index in [2.05, 4.69) is 23.2 Å². The lowest BCUT2D eigenvalue weighted by molar-refractivity contribution is -0.135. The zero-order valence-electron chi connectivity index (χ0n) is 13.1. The second kappa shape index (κ2) is 5.54. The van der Waals surface area contributed by atoms with Gasteiger partial charge in [0.2, 0.25) is 5.91 Å². The average molecular weight is 305 g/mol. The van der Waals surface area contributed by atoms with Crippen molar-refractivity contribution < 1.29 is 4.79 Å². The van der Waals surface area contributed by atoms with Gasteiger partial charge in [-0.05, 0) is 36.6 Å². The van der Waals surface area contributed by atoms with Crippen molar-refractivity contribution in [1.29, 1.82) is 0 Å². The summed E-state index contributed by atoms with van der Waals surface area (Å²) in [5.74, 6) is 0.155. The summed E-state index contributed by atoms with van der Waals surface area (Å²) < 4.78 is 1.97. The van der Waals surface area contributed by atoms with Gasteiger partial charge in [0.15, 0.2) is 0 Å². The number of para-hydroxylation sites is 2. The number of carbonyl (C=O) groups is 1. The third-order valence-electron chi connectivity index (χ3n) is 4.70. The van der Waals surface area contributed by atoms with Crippen LogP contribution in [0.1, 0.15) is 24.1 Å². The molecule has 23 heavy (non-hydrogen) atoms. The lowest BCUT2D eigenvalue weighted by atomic mass is 9.99. The van der Waals surface area contributed by atoms with Gasteiger partial charge in [-0.15, -0.1) is 0 Å². The monoisotopic (exact) mass is 305 g/mol. The molecule has 4 nitrogen and oxygen atoms in total. The van der Waals surface area contributed by atoms with E-state index in [1.54, 1.807) is 6.33 Å². The minimum Gasteiger partial charge on any atom is -0.336 e. The van der Waals surface area contributed by atoms with Crippen molar-refractivity contribution in [2.45, 2.75) is 25.9 Å². The number of carbonyl (C=O) groups excluding carboxylic acids is 1. The van der Waals surface area contributed by atoms with Crippen LogP contribution in [0.4, 0.5) is 0 Å². The molecular weight excluding hydrogens is 286 g/mol. The molecule has 1 aromatic heterocycles. The highest BCUT2D eigenvalue weighted by atomic mass is 16.2. The van der Waals surface area contributed by atoms with Crippen molar-refractivity contribution in [3.8, 4) is 0 Å². The van der Waals surface area contributed by atoms with E-state index >= 15 is 0 Å². The van der Waals surface area contributed by atoms with E-state index in [1.165, 1.54) is 11.1 Å². The molecule has 2 aromatic carbocycles. The van der Waals surface area contributed by atoms with Gasteiger partial charge in [-0.3, -0.25) is 4.79 Å². The number of amides is 1. The normalized spacial score (nSPS) is 15.4. The Kier molecular flexibility index (Phi) is 3.37. The van der Waals surface area contributed by atoms with E-state index in [4.69, 9.17) is 0 Å². The van der Waals surface area contributed by atoms with Gasteiger partial charge in [-0.25, -0.2) is 4.98 Å². The fraction of sp³-hybridized carbons (Fsp3) is 0.263. The van der Waals surface area contributed by atoms with Crippen LogP contribution in [0.2, 0.25) is 0 Å². The van der Waals surface area contributed by atoms with Crippen LogP contribution in [0, 0.1) is 0 Å². The SMILES string of the molecule is C[C@H](C(=O)N1CCc2ccccc2C1)n1cnc2ccccc21. The Bertz CT molecular complexity index is 868. The molecule has 0 saturated carbocycles. The maximum atomic E-state index is 12.9. The maximum Gasteiger partial charge on any atom is 0.245 e. The smallest absolute Gasteiger partial charge is 0.245 e. The molecule has 2 heterocycles. The molecule has 1 atom stereocenters. The second-order valence-corrected chi connectivity index (χ2v) is 6.10. The van der Waals surface area contributed by atoms with Crippen LogP contribution >= 0.6 is 0 Å². The lowest BCUT2D eigenvalue weighted by Gasteiger charge is -2.31. The molecule has 0 spiro atoms. The largest absolute Gasteiger partial charge is 0.336 e. The van der Waals surface area contributed by atoms with E-state index in [9.17, 15) is 4.79 Å². The molecule has 116 valence electrons. The predicted molar refractivity (Wildman–Crippen MR) is 90.0 cm³/mol.